The van der Waals surface area contributed by atoms with Crippen LogP contribution < -0.4 is 14.8 Å². The van der Waals surface area contributed by atoms with Crippen molar-refractivity contribution in [3.05, 3.63) is 88.2 Å². The van der Waals surface area contributed by atoms with Crippen LogP contribution in [0, 0.1) is 12.7 Å². The first kappa shape index (κ1) is 28.8. The van der Waals surface area contributed by atoms with Crippen LogP contribution in [0.3, 0.4) is 0 Å². The van der Waals surface area contributed by atoms with Crippen LogP contribution >= 0.6 is 11.6 Å². The summed E-state index contributed by atoms with van der Waals surface area (Å²) in [6.45, 7) is 6.62. The molecule has 0 saturated carbocycles. The molecule has 11 heteroatoms. The highest BCUT2D eigenvalue weighted by Gasteiger charge is 2.24. The minimum Gasteiger partial charge on any atom is -0.493 e. The Hall–Kier alpha value is -3.18. The first-order valence-corrected chi connectivity index (χ1v) is 14.4. The molecule has 1 amide bonds. The highest BCUT2D eigenvalue weighted by molar-refractivity contribution is 7.92. The molecular formula is C28H31ClFN3O5S. The minimum absolute atomic E-state index is 0.0543. The Morgan fingerprint density at radius 2 is 1.87 bits per heavy atom. The van der Waals surface area contributed by atoms with Gasteiger partial charge in [-0.1, -0.05) is 41.4 Å². The lowest BCUT2D eigenvalue weighted by molar-refractivity contribution is -0.0292. The van der Waals surface area contributed by atoms with Gasteiger partial charge in [-0.15, -0.1) is 0 Å². The Labute approximate surface area is 233 Å². The second kappa shape index (κ2) is 12.8. The summed E-state index contributed by atoms with van der Waals surface area (Å²) in [4.78, 5) is 15.4. The van der Waals surface area contributed by atoms with Crippen molar-refractivity contribution >= 4 is 33.2 Å². The van der Waals surface area contributed by atoms with E-state index in [4.69, 9.17) is 21.1 Å². The van der Waals surface area contributed by atoms with Crippen molar-refractivity contribution in [1.29, 1.82) is 0 Å². The molecule has 3 aromatic rings. The fraction of sp³-hybridized carbons (Fsp3) is 0.321. The third kappa shape index (κ3) is 7.69. The number of carbonyl (C=O) groups excluding carboxylic acids is 1. The van der Waals surface area contributed by atoms with Crippen LogP contribution in [0.25, 0.3) is 0 Å². The maximum atomic E-state index is 13.2. The number of hydrogen-bond acceptors (Lipinski definition) is 6. The summed E-state index contributed by atoms with van der Waals surface area (Å²) in [6, 6.07) is 15.6. The first-order chi connectivity index (χ1) is 18.6. The molecule has 1 unspecified atom stereocenters. The van der Waals surface area contributed by atoms with Gasteiger partial charge in [0, 0.05) is 32.2 Å². The quantitative estimate of drug-likeness (QED) is 0.366. The summed E-state index contributed by atoms with van der Waals surface area (Å²) < 4.78 is 52.9. The van der Waals surface area contributed by atoms with E-state index in [1.54, 1.807) is 31.2 Å². The number of amides is 1. The van der Waals surface area contributed by atoms with Crippen LogP contribution in [0.1, 0.15) is 28.4 Å². The zero-order valence-electron chi connectivity index (χ0n) is 21.7. The molecule has 3 aromatic carbocycles. The molecule has 0 spiro atoms. The summed E-state index contributed by atoms with van der Waals surface area (Å²) in [5.41, 5.74) is 2.21. The lowest BCUT2D eigenvalue weighted by Crippen LogP contribution is -2.47. The van der Waals surface area contributed by atoms with E-state index in [1.165, 1.54) is 36.4 Å². The molecule has 1 fully saturated rings. The van der Waals surface area contributed by atoms with Crippen molar-refractivity contribution in [1.82, 2.24) is 10.2 Å². The van der Waals surface area contributed by atoms with Gasteiger partial charge < -0.3 is 14.8 Å². The predicted molar refractivity (Wildman–Crippen MR) is 148 cm³/mol. The van der Waals surface area contributed by atoms with Gasteiger partial charge >= 0.3 is 0 Å². The van der Waals surface area contributed by atoms with E-state index in [9.17, 15) is 17.6 Å². The molecule has 0 aliphatic carbocycles. The number of nitrogens with one attached hydrogen (secondary N) is 2. The van der Waals surface area contributed by atoms with Crippen LogP contribution in [0.15, 0.2) is 65.6 Å². The molecule has 1 atom stereocenters. The van der Waals surface area contributed by atoms with Gasteiger partial charge in [-0.3, -0.25) is 14.4 Å². The molecule has 0 radical (unpaired) electrons. The molecule has 0 aromatic heterocycles. The summed E-state index contributed by atoms with van der Waals surface area (Å²) in [7, 11) is -3.90. The highest BCUT2D eigenvalue weighted by atomic mass is 35.5. The predicted octanol–water partition coefficient (Wildman–Crippen LogP) is 4.62. The van der Waals surface area contributed by atoms with Crippen molar-refractivity contribution in [2.75, 3.05) is 37.6 Å². The number of ether oxygens (including phenoxy) is 2. The minimum atomic E-state index is -3.90. The molecule has 2 N–H and O–H groups in total. The lowest BCUT2D eigenvalue weighted by atomic mass is 10.1. The number of halogens is 2. The SMILES string of the molecule is CCOc1cc(NS(=O)(=O)c2ccc(C)cc2)c(Cl)cc1C(=O)NCC1CN(Cc2ccc(F)cc2)CCO1. The zero-order valence-corrected chi connectivity index (χ0v) is 23.3. The van der Waals surface area contributed by atoms with E-state index in [-0.39, 0.29) is 52.0 Å². The topological polar surface area (TPSA) is 97.0 Å². The van der Waals surface area contributed by atoms with Crippen LogP contribution in [0.4, 0.5) is 10.1 Å². The maximum Gasteiger partial charge on any atom is 0.261 e. The largest absolute Gasteiger partial charge is 0.493 e. The Kier molecular flexibility index (Phi) is 9.45. The normalized spacial score (nSPS) is 16.1. The number of carbonyl (C=O) groups is 1. The van der Waals surface area contributed by atoms with Gasteiger partial charge in [0.15, 0.2) is 0 Å². The van der Waals surface area contributed by atoms with Gasteiger partial charge in [0.05, 0.1) is 40.5 Å². The summed E-state index contributed by atoms with van der Waals surface area (Å²) >= 11 is 6.40. The van der Waals surface area contributed by atoms with Crippen LogP contribution in [-0.4, -0.2) is 58.2 Å². The van der Waals surface area contributed by atoms with Gasteiger partial charge in [0.1, 0.15) is 11.6 Å². The monoisotopic (exact) mass is 575 g/mol. The van der Waals surface area contributed by atoms with E-state index in [0.29, 0.717) is 19.7 Å². The van der Waals surface area contributed by atoms with E-state index in [2.05, 4.69) is 14.9 Å². The number of rotatable bonds is 10. The Balaban J connectivity index is 1.42. The molecule has 0 bridgehead atoms. The fourth-order valence-corrected chi connectivity index (χ4v) is 5.54. The van der Waals surface area contributed by atoms with Crippen molar-refractivity contribution in [3.63, 3.8) is 0 Å². The molecular weight excluding hydrogens is 545 g/mol. The van der Waals surface area contributed by atoms with Gasteiger partial charge in [-0.25, -0.2) is 12.8 Å². The van der Waals surface area contributed by atoms with E-state index in [0.717, 1.165) is 17.7 Å². The standard InChI is InChI=1S/C28H31ClFN3O5S/c1-3-37-27-15-26(32-39(35,36)23-10-4-19(2)5-11-23)25(29)14-24(27)28(34)31-16-22-18-33(12-13-38-22)17-20-6-8-21(30)9-7-20/h4-11,14-15,22,32H,3,12-13,16-18H2,1-2H3,(H,31,34). The maximum absolute atomic E-state index is 13.2. The van der Waals surface area contributed by atoms with E-state index >= 15 is 0 Å². The number of hydrogen-bond donors (Lipinski definition) is 2. The van der Waals surface area contributed by atoms with Crippen molar-refractivity contribution in [3.8, 4) is 5.75 Å². The van der Waals surface area contributed by atoms with Crippen LogP contribution in [0.2, 0.25) is 5.02 Å². The highest BCUT2D eigenvalue weighted by Crippen LogP contribution is 2.33. The second-order valence-electron chi connectivity index (χ2n) is 9.24. The molecule has 1 aliphatic rings. The number of nitrogens with zero attached hydrogens (tertiary/aromatic N) is 1. The Morgan fingerprint density at radius 3 is 2.56 bits per heavy atom. The van der Waals surface area contributed by atoms with Gasteiger partial charge in [-0.05, 0) is 49.7 Å². The average Bonchev–Trinajstić information content (AvgIpc) is 2.91. The molecule has 1 aliphatic heterocycles. The molecule has 4 rings (SSSR count). The Morgan fingerprint density at radius 1 is 1.15 bits per heavy atom. The van der Waals surface area contributed by atoms with Crippen LogP contribution in [-0.2, 0) is 21.3 Å². The summed E-state index contributed by atoms with van der Waals surface area (Å²) in [6.07, 6.45) is -0.241. The zero-order chi connectivity index (χ0) is 28.0. The number of aryl methyl sites for hydroxylation is 1. The third-order valence-electron chi connectivity index (χ3n) is 6.22. The number of sulfonamides is 1. The molecule has 208 valence electrons. The van der Waals surface area contributed by atoms with Crippen LogP contribution in [0.5, 0.6) is 5.75 Å². The number of benzene rings is 3. The summed E-state index contributed by atoms with van der Waals surface area (Å²) in [5, 5.41) is 2.92. The lowest BCUT2D eigenvalue weighted by Gasteiger charge is -2.33. The van der Waals surface area contributed by atoms with Crippen molar-refractivity contribution in [2.24, 2.45) is 0 Å². The van der Waals surface area contributed by atoms with Gasteiger partial charge in [0.25, 0.3) is 15.9 Å². The summed E-state index contributed by atoms with van der Waals surface area (Å²) in [5.74, 6) is -0.499. The van der Waals surface area contributed by atoms with E-state index in [1.807, 2.05) is 6.92 Å². The van der Waals surface area contributed by atoms with E-state index < -0.39 is 15.9 Å². The fourth-order valence-electron chi connectivity index (χ4n) is 4.20. The first-order valence-electron chi connectivity index (χ1n) is 12.6. The molecule has 1 saturated heterocycles. The number of morpholine rings is 1. The number of anilines is 1. The Bertz CT molecular complexity index is 1400. The third-order valence-corrected chi connectivity index (χ3v) is 7.92. The van der Waals surface area contributed by atoms with Crippen molar-refractivity contribution in [2.45, 2.75) is 31.4 Å². The smallest absolute Gasteiger partial charge is 0.261 e. The van der Waals surface area contributed by atoms with Gasteiger partial charge in [-0.2, -0.15) is 0 Å². The molecule has 39 heavy (non-hydrogen) atoms. The second-order valence-corrected chi connectivity index (χ2v) is 11.3. The molecule has 1 heterocycles. The van der Waals surface area contributed by atoms with Gasteiger partial charge in [0.2, 0.25) is 0 Å². The molecule has 8 nitrogen and oxygen atoms in total. The average molecular weight is 576 g/mol. The van der Waals surface area contributed by atoms with Crippen molar-refractivity contribution < 1.29 is 27.1 Å².